The number of benzene rings is 2. The minimum atomic E-state index is -0.188. The summed E-state index contributed by atoms with van der Waals surface area (Å²) >= 11 is 8.30. The number of rotatable bonds is 5. The molecule has 2 aromatic carbocycles. The number of amides is 1. The van der Waals surface area contributed by atoms with Crippen LogP contribution in [0.3, 0.4) is 0 Å². The largest absolute Gasteiger partial charge is 0.372 e. The Hall–Kier alpha value is -1.27. The highest BCUT2D eigenvalue weighted by molar-refractivity contribution is 14.1. The van der Waals surface area contributed by atoms with E-state index < -0.39 is 0 Å². The van der Waals surface area contributed by atoms with E-state index in [-0.39, 0.29) is 5.91 Å². The van der Waals surface area contributed by atoms with E-state index in [1.165, 1.54) is 0 Å². The van der Waals surface area contributed by atoms with E-state index in [2.05, 4.69) is 52.7 Å². The lowest BCUT2D eigenvalue weighted by atomic mass is 10.1. The van der Waals surface area contributed by atoms with Gasteiger partial charge < -0.3 is 10.2 Å². The first-order valence-corrected chi connectivity index (χ1v) is 9.04. The highest BCUT2D eigenvalue weighted by Crippen LogP contribution is 2.25. The Labute approximate surface area is 156 Å². The number of anilines is 2. The molecule has 2 aromatic rings. The Morgan fingerprint density at radius 2 is 1.87 bits per heavy atom. The fourth-order valence-electron chi connectivity index (χ4n) is 2.43. The monoisotopic (exact) mass is 442 g/mol. The molecule has 0 unspecified atom stereocenters. The standard InChI is InChI=1S/C18H20ClIN2O/c1-4-22(5-2)14-7-9-17(12(3)10-14)21-18(23)15-11-13(20)6-8-16(15)19/h6-11H,4-5H2,1-3H3,(H,21,23). The van der Waals surface area contributed by atoms with Gasteiger partial charge in [-0.2, -0.15) is 0 Å². The molecule has 0 saturated heterocycles. The molecule has 0 heterocycles. The predicted octanol–water partition coefficient (Wildman–Crippen LogP) is 5.35. The zero-order valence-electron chi connectivity index (χ0n) is 13.5. The lowest BCUT2D eigenvalue weighted by Gasteiger charge is -2.22. The average molecular weight is 443 g/mol. The van der Waals surface area contributed by atoms with Crippen molar-refractivity contribution in [3.8, 4) is 0 Å². The molecule has 2 rings (SSSR count). The third-order valence-corrected chi connectivity index (χ3v) is 4.76. The minimum absolute atomic E-state index is 0.188. The summed E-state index contributed by atoms with van der Waals surface area (Å²) in [4.78, 5) is 14.7. The topological polar surface area (TPSA) is 32.3 Å². The predicted molar refractivity (Wildman–Crippen MR) is 107 cm³/mol. The number of nitrogens with zero attached hydrogens (tertiary/aromatic N) is 1. The number of hydrogen-bond donors (Lipinski definition) is 1. The third kappa shape index (κ3) is 4.38. The van der Waals surface area contributed by atoms with Crippen LogP contribution in [0.2, 0.25) is 5.02 Å². The van der Waals surface area contributed by atoms with Crippen molar-refractivity contribution in [2.24, 2.45) is 0 Å². The molecule has 23 heavy (non-hydrogen) atoms. The molecular weight excluding hydrogens is 423 g/mol. The number of carbonyl (C=O) groups is 1. The molecule has 0 saturated carbocycles. The van der Waals surface area contributed by atoms with Gasteiger partial charge in [-0.1, -0.05) is 11.6 Å². The van der Waals surface area contributed by atoms with E-state index in [0.717, 1.165) is 33.6 Å². The lowest BCUT2D eigenvalue weighted by Crippen LogP contribution is -2.22. The maximum Gasteiger partial charge on any atom is 0.257 e. The molecule has 0 atom stereocenters. The Kier molecular flexibility index (Phi) is 6.30. The van der Waals surface area contributed by atoms with E-state index >= 15 is 0 Å². The zero-order chi connectivity index (χ0) is 17.0. The Bertz CT molecular complexity index is 714. The molecule has 5 heteroatoms. The third-order valence-electron chi connectivity index (χ3n) is 3.76. The van der Waals surface area contributed by atoms with Crippen LogP contribution in [0.1, 0.15) is 29.8 Å². The SMILES string of the molecule is CCN(CC)c1ccc(NC(=O)c2cc(I)ccc2Cl)c(C)c1. The van der Waals surface area contributed by atoms with E-state index in [1.54, 1.807) is 12.1 Å². The van der Waals surface area contributed by atoms with Gasteiger partial charge in [0.1, 0.15) is 0 Å². The molecule has 0 aliphatic rings. The van der Waals surface area contributed by atoms with Crippen LogP contribution >= 0.6 is 34.2 Å². The van der Waals surface area contributed by atoms with Crippen LogP contribution < -0.4 is 10.2 Å². The second-order valence-electron chi connectivity index (χ2n) is 5.25. The lowest BCUT2D eigenvalue weighted by molar-refractivity contribution is 0.102. The van der Waals surface area contributed by atoms with Crippen molar-refractivity contribution in [3.63, 3.8) is 0 Å². The highest BCUT2D eigenvalue weighted by atomic mass is 127. The van der Waals surface area contributed by atoms with Crippen LogP contribution in [0.25, 0.3) is 0 Å². The number of nitrogens with one attached hydrogen (secondary N) is 1. The molecule has 0 aliphatic heterocycles. The minimum Gasteiger partial charge on any atom is -0.372 e. The van der Waals surface area contributed by atoms with Crippen LogP contribution in [0, 0.1) is 10.5 Å². The van der Waals surface area contributed by atoms with Gasteiger partial charge in [-0.05, 0) is 85.3 Å². The summed E-state index contributed by atoms with van der Waals surface area (Å²) in [6, 6.07) is 11.5. The average Bonchev–Trinajstić information content (AvgIpc) is 2.53. The van der Waals surface area contributed by atoms with Crippen molar-refractivity contribution < 1.29 is 4.79 Å². The molecule has 0 fully saturated rings. The molecule has 0 bridgehead atoms. The van der Waals surface area contributed by atoms with Crippen molar-refractivity contribution in [1.82, 2.24) is 0 Å². The van der Waals surface area contributed by atoms with Gasteiger partial charge >= 0.3 is 0 Å². The van der Waals surface area contributed by atoms with Crippen molar-refractivity contribution in [3.05, 3.63) is 56.1 Å². The van der Waals surface area contributed by atoms with Gasteiger partial charge in [0.2, 0.25) is 0 Å². The number of aryl methyl sites for hydroxylation is 1. The van der Waals surface area contributed by atoms with Gasteiger partial charge in [-0.3, -0.25) is 4.79 Å². The first kappa shape index (κ1) is 18.1. The van der Waals surface area contributed by atoms with Gasteiger partial charge in [-0.15, -0.1) is 0 Å². The van der Waals surface area contributed by atoms with Gasteiger partial charge in [-0.25, -0.2) is 0 Å². The first-order chi connectivity index (χ1) is 11.0. The number of hydrogen-bond acceptors (Lipinski definition) is 2. The summed E-state index contributed by atoms with van der Waals surface area (Å²) in [5, 5.41) is 3.41. The maximum atomic E-state index is 12.5. The summed E-state index contributed by atoms with van der Waals surface area (Å²) in [5.74, 6) is -0.188. The quantitative estimate of drug-likeness (QED) is 0.633. The summed E-state index contributed by atoms with van der Waals surface area (Å²) in [6.07, 6.45) is 0. The first-order valence-electron chi connectivity index (χ1n) is 7.58. The Morgan fingerprint density at radius 3 is 2.48 bits per heavy atom. The van der Waals surface area contributed by atoms with Crippen LogP contribution in [0.15, 0.2) is 36.4 Å². The normalized spacial score (nSPS) is 10.5. The van der Waals surface area contributed by atoms with Gasteiger partial charge in [0.15, 0.2) is 0 Å². The second kappa shape index (κ2) is 8.02. The number of carbonyl (C=O) groups excluding carboxylic acids is 1. The summed E-state index contributed by atoms with van der Waals surface area (Å²) in [5.41, 5.74) is 3.49. The highest BCUT2D eigenvalue weighted by Gasteiger charge is 2.13. The Balaban J connectivity index is 2.23. The molecule has 1 N–H and O–H groups in total. The summed E-state index contributed by atoms with van der Waals surface area (Å²) < 4.78 is 0.978. The fourth-order valence-corrected chi connectivity index (χ4v) is 3.13. The van der Waals surface area contributed by atoms with Crippen LogP contribution in [0.4, 0.5) is 11.4 Å². The van der Waals surface area contributed by atoms with Gasteiger partial charge in [0, 0.05) is 28.0 Å². The summed E-state index contributed by atoms with van der Waals surface area (Å²) in [6.45, 7) is 8.18. The maximum absolute atomic E-state index is 12.5. The van der Waals surface area contributed by atoms with Crippen molar-refractivity contribution in [1.29, 1.82) is 0 Å². The van der Waals surface area contributed by atoms with Crippen molar-refractivity contribution in [2.75, 3.05) is 23.3 Å². The molecule has 0 spiro atoms. The zero-order valence-corrected chi connectivity index (χ0v) is 16.4. The molecule has 1 amide bonds. The van der Waals surface area contributed by atoms with Crippen LogP contribution in [0.5, 0.6) is 0 Å². The van der Waals surface area contributed by atoms with Gasteiger partial charge in [0.25, 0.3) is 5.91 Å². The van der Waals surface area contributed by atoms with Crippen molar-refractivity contribution in [2.45, 2.75) is 20.8 Å². The van der Waals surface area contributed by atoms with E-state index in [0.29, 0.717) is 10.6 Å². The molecular formula is C18H20ClIN2O. The Morgan fingerprint density at radius 1 is 1.17 bits per heavy atom. The molecule has 0 aliphatic carbocycles. The fraction of sp³-hybridized carbons (Fsp3) is 0.278. The van der Waals surface area contributed by atoms with Gasteiger partial charge in [0.05, 0.1) is 10.6 Å². The smallest absolute Gasteiger partial charge is 0.257 e. The van der Waals surface area contributed by atoms with Crippen molar-refractivity contribution >= 4 is 51.5 Å². The molecule has 3 nitrogen and oxygen atoms in total. The second-order valence-corrected chi connectivity index (χ2v) is 6.90. The number of halogens is 2. The van der Waals surface area contributed by atoms with Crippen LogP contribution in [-0.2, 0) is 0 Å². The van der Waals surface area contributed by atoms with Crippen LogP contribution in [-0.4, -0.2) is 19.0 Å². The van der Waals surface area contributed by atoms with E-state index in [1.807, 2.05) is 25.1 Å². The summed E-state index contributed by atoms with van der Waals surface area (Å²) in [7, 11) is 0. The molecule has 0 aromatic heterocycles. The molecule has 122 valence electrons. The molecule has 0 radical (unpaired) electrons. The van der Waals surface area contributed by atoms with E-state index in [4.69, 9.17) is 11.6 Å². The van der Waals surface area contributed by atoms with E-state index in [9.17, 15) is 4.79 Å².